The topological polar surface area (TPSA) is 91.3 Å². The van der Waals surface area contributed by atoms with E-state index in [0.717, 1.165) is 32.1 Å². The van der Waals surface area contributed by atoms with E-state index < -0.39 is 13.9 Å². The molecule has 0 aromatic rings. The molecule has 2 unspecified atom stereocenters. The summed E-state index contributed by atoms with van der Waals surface area (Å²) in [5.74, 6) is -0.311. The van der Waals surface area contributed by atoms with Crippen LogP contribution in [0.2, 0.25) is 0 Å². The average molecular weight is 693 g/mol. The Kier molecular flexibility index (Phi) is 32.3. The van der Waals surface area contributed by atoms with Crippen molar-refractivity contribution < 1.29 is 37.3 Å². The molecule has 0 heterocycles. The molecule has 0 rings (SSSR count). The minimum absolute atomic E-state index is 0.0934. The molecular weight excluding hydrogens is 613 g/mol. The van der Waals surface area contributed by atoms with Gasteiger partial charge in [0.15, 0.2) is 0 Å². The highest BCUT2D eigenvalue weighted by Gasteiger charge is 2.26. The Bertz CT molecular complexity index is 731. The normalized spacial score (nSPS) is 13.9. The molecule has 1 N–H and O–H groups in total. The van der Waals surface area contributed by atoms with Crippen LogP contribution in [0.25, 0.3) is 0 Å². The van der Waals surface area contributed by atoms with Crippen LogP contribution in [0.5, 0.6) is 0 Å². The molecule has 0 aliphatic heterocycles. The molecule has 0 aliphatic carbocycles. The largest absolute Gasteiger partial charge is 0.472 e. The monoisotopic (exact) mass is 693 g/mol. The van der Waals surface area contributed by atoms with Crippen LogP contribution in [0.3, 0.4) is 0 Å². The van der Waals surface area contributed by atoms with Crippen molar-refractivity contribution in [2.75, 3.05) is 54.1 Å². The highest BCUT2D eigenvalue weighted by molar-refractivity contribution is 7.47. The number of quaternary nitrogens is 1. The van der Waals surface area contributed by atoms with Gasteiger partial charge in [0, 0.05) is 13.0 Å². The Morgan fingerprint density at radius 2 is 0.979 bits per heavy atom. The molecule has 0 spiro atoms. The summed E-state index contributed by atoms with van der Waals surface area (Å²) in [6.45, 7) is 5.65. The summed E-state index contributed by atoms with van der Waals surface area (Å²) in [4.78, 5) is 22.8. The number of esters is 1. The summed E-state index contributed by atoms with van der Waals surface area (Å²) in [6, 6.07) is 0. The summed E-state index contributed by atoms with van der Waals surface area (Å²) in [5.41, 5.74) is 0. The van der Waals surface area contributed by atoms with E-state index in [1.807, 2.05) is 21.1 Å². The number of hydrogen-bond acceptors (Lipinski definition) is 6. The van der Waals surface area contributed by atoms with Crippen LogP contribution in [0.4, 0.5) is 0 Å². The Morgan fingerprint density at radius 1 is 0.574 bits per heavy atom. The van der Waals surface area contributed by atoms with Crippen LogP contribution in [-0.2, 0) is 27.9 Å². The van der Waals surface area contributed by atoms with E-state index in [-0.39, 0.29) is 25.8 Å². The fourth-order valence-corrected chi connectivity index (χ4v) is 6.29. The number of rotatable bonds is 37. The smallest absolute Gasteiger partial charge is 0.457 e. The maximum atomic E-state index is 12.6. The summed E-state index contributed by atoms with van der Waals surface area (Å²) in [7, 11) is 1.68. The van der Waals surface area contributed by atoms with Crippen molar-refractivity contribution in [2.45, 2.75) is 187 Å². The first-order chi connectivity index (χ1) is 22.6. The van der Waals surface area contributed by atoms with Gasteiger partial charge in [-0.3, -0.25) is 13.8 Å². The van der Waals surface area contributed by atoms with Crippen molar-refractivity contribution in [3.8, 4) is 0 Å². The molecule has 0 aromatic heterocycles. The zero-order valence-corrected chi connectivity index (χ0v) is 32.7. The van der Waals surface area contributed by atoms with Crippen molar-refractivity contribution in [1.29, 1.82) is 0 Å². The number of carbonyl (C=O) groups excluding carboxylic acids is 1. The van der Waals surface area contributed by atoms with Crippen LogP contribution in [0.15, 0.2) is 0 Å². The third-order valence-corrected chi connectivity index (χ3v) is 9.65. The van der Waals surface area contributed by atoms with Gasteiger partial charge in [0.2, 0.25) is 0 Å². The van der Waals surface area contributed by atoms with Gasteiger partial charge in [-0.15, -0.1) is 0 Å². The number of carbonyl (C=O) groups is 1. The van der Waals surface area contributed by atoms with Gasteiger partial charge in [-0.05, 0) is 12.8 Å². The molecule has 0 aromatic carbocycles. The second-order valence-electron chi connectivity index (χ2n) is 14.7. The number of hydrogen-bond donors (Lipinski definition) is 1. The molecule has 0 saturated heterocycles. The molecule has 0 saturated carbocycles. The summed E-state index contributed by atoms with van der Waals surface area (Å²) in [6.07, 6.45) is 31.2. The Hall–Kier alpha value is -0.500. The van der Waals surface area contributed by atoms with E-state index >= 15 is 0 Å². The number of likely N-dealkylation sites (N-methyl/N-ethyl adjacent to an activating group) is 1. The molecule has 2 atom stereocenters. The minimum atomic E-state index is -4.26. The lowest BCUT2D eigenvalue weighted by atomic mass is 10.0. The zero-order chi connectivity index (χ0) is 34.9. The lowest BCUT2D eigenvalue weighted by Gasteiger charge is -2.24. The second-order valence-corrected chi connectivity index (χ2v) is 16.1. The number of phosphoric acid groups is 1. The van der Waals surface area contributed by atoms with Crippen molar-refractivity contribution in [3.63, 3.8) is 0 Å². The molecular formula is C38H79NO7P+. The van der Waals surface area contributed by atoms with Gasteiger partial charge < -0.3 is 18.9 Å². The first-order valence-corrected chi connectivity index (χ1v) is 21.3. The van der Waals surface area contributed by atoms with Gasteiger partial charge in [0.25, 0.3) is 0 Å². The maximum absolute atomic E-state index is 12.6. The fraction of sp³-hybridized carbons (Fsp3) is 0.974. The first kappa shape index (κ1) is 46.5. The summed E-state index contributed by atoms with van der Waals surface area (Å²) in [5, 5.41) is 0. The van der Waals surface area contributed by atoms with Gasteiger partial charge >= 0.3 is 13.8 Å². The lowest BCUT2D eigenvalue weighted by Crippen LogP contribution is -2.37. The van der Waals surface area contributed by atoms with Crippen LogP contribution in [-0.4, -0.2) is 75.6 Å². The van der Waals surface area contributed by atoms with Crippen LogP contribution < -0.4 is 0 Å². The predicted molar refractivity (Wildman–Crippen MR) is 197 cm³/mol. The highest BCUT2D eigenvalue weighted by Crippen LogP contribution is 2.43. The first-order valence-electron chi connectivity index (χ1n) is 19.8. The van der Waals surface area contributed by atoms with Crippen molar-refractivity contribution in [2.24, 2.45) is 0 Å². The number of nitrogens with zero attached hydrogens (tertiary/aromatic N) is 1. The zero-order valence-electron chi connectivity index (χ0n) is 31.8. The minimum Gasteiger partial charge on any atom is -0.457 e. The standard InChI is InChI=1S/C38H78NO7P/c1-6-8-10-12-14-16-18-19-20-21-22-23-25-27-29-31-38(40)46-37(36-45-47(41,42)44-34-32-39(3,4)5)35-43-33-30-28-26-24-17-15-13-11-9-7-2/h37H,6-36H2,1-5H3/p+1. The molecule has 9 heteroatoms. The van der Waals surface area contributed by atoms with Crippen molar-refractivity contribution >= 4 is 13.8 Å². The third kappa shape index (κ3) is 36.6. The molecule has 0 aliphatic rings. The van der Waals surface area contributed by atoms with Crippen molar-refractivity contribution in [3.05, 3.63) is 0 Å². The van der Waals surface area contributed by atoms with Gasteiger partial charge in [-0.2, -0.15) is 0 Å². The molecule has 47 heavy (non-hydrogen) atoms. The van der Waals surface area contributed by atoms with E-state index in [1.54, 1.807) is 0 Å². The van der Waals surface area contributed by atoms with Gasteiger partial charge in [-0.1, -0.05) is 162 Å². The highest BCUT2D eigenvalue weighted by atomic mass is 31.2. The number of unbranched alkanes of at least 4 members (excludes halogenated alkanes) is 23. The van der Waals surface area contributed by atoms with Gasteiger partial charge in [-0.25, -0.2) is 4.57 Å². The molecule has 8 nitrogen and oxygen atoms in total. The molecule has 0 amide bonds. The van der Waals surface area contributed by atoms with Gasteiger partial charge in [0.1, 0.15) is 19.3 Å². The predicted octanol–water partition coefficient (Wildman–Crippen LogP) is 10.9. The van der Waals surface area contributed by atoms with Crippen LogP contribution >= 0.6 is 7.82 Å². The number of phosphoric ester groups is 1. The molecule has 0 bridgehead atoms. The Balaban J connectivity index is 4.23. The molecule has 0 radical (unpaired) electrons. The number of ether oxygens (including phenoxy) is 2. The molecule has 282 valence electrons. The fourth-order valence-electron chi connectivity index (χ4n) is 5.55. The Labute approximate surface area is 291 Å². The lowest BCUT2D eigenvalue weighted by molar-refractivity contribution is -0.870. The second kappa shape index (κ2) is 32.7. The Morgan fingerprint density at radius 3 is 1.40 bits per heavy atom. The molecule has 0 fully saturated rings. The quantitative estimate of drug-likeness (QED) is 0.0300. The maximum Gasteiger partial charge on any atom is 0.472 e. The van der Waals surface area contributed by atoms with Crippen LogP contribution in [0.1, 0.15) is 181 Å². The third-order valence-electron chi connectivity index (χ3n) is 8.67. The van der Waals surface area contributed by atoms with Crippen LogP contribution in [0, 0.1) is 0 Å². The van der Waals surface area contributed by atoms with E-state index in [0.29, 0.717) is 24.1 Å². The van der Waals surface area contributed by atoms with E-state index in [1.165, 1.54) is 128 Å². The SMILES string of the molecule is CCCCCCCCCCCCCCCCCC(=O)OC(COCCCCCCCCCCCC)COP(=O)(O)OCC[N+](C)(C)C. The summed E-state index contributed by atoms with van der Waals surface area (Å²) >= 11 is 0. The average Bonchev–Trinajstić information content (AvgIpc) is 3.01. The van der Waals surface area contributed by atoms with Crippen molar-refractivity contribution in [1.82, 2.24) is 0 Å². The summed E-state index contributed by atoms with van der Waals surface area (Å²) < 4.78 is 34.8. The van der Waals surface area contributed by atoms with Gasteiger partial charge in [0.05, 0.1) is 34.4 Å². The van der Waals surface area contributed by atoms with E-state index in [2.05, 4.69) is 13.8 Å². The van der Waals surface area contributed by atoms with E-state index in [9.17, 15) is 14.3 Å². The van der Waals surface area contributed by atoms with E-state index in [4.69, 9.17) is 18.5 Å².